The van der Waals surface area contributed by atoms with Gasteiger partial charge < -0.3 is 5.32 Å². The first-order chi connectivity index (χ1) is 6.57. The third-order valence-corrected chi connectivity index (χ3v) is 2.38. The highest BCUT2D eigenvalue weighted by Gasteiger charge is 2.39. The quantitative estimate of drug-likeness (QED) is 0.736. The van der Waals surface area contributed by atoms with Crippen molar-refractivity contribution in [1.29, 1.82) is 0 Å². The Bertz CT molecular complexity index is 321. The first-order valence-electron chi connectivity index (χ1n) is 4.43. The molecule has 1 saturated heterocycles. The maximum Gasteiger partial charge on any atom is 0.262 e. The van der Waals surface area contributed by atoms with Gasteiger partial charge in [-0.1, -0.05) is 12.1 Å². The standard InChI is InChI=1S/C10H10F3N/c11-8-3-1-7(2-4-8)9-5-10(12,13)6-14-9/h1-4,9,14H,5-6H2/t9-/m0/s1. The molecule has 1 heterocycles. The first kappa shape index (κ1) is 9.52. The van der Waals surface area contributed by atoms with Crippen LogP contribution in [0.15, 0.2) is 24.3 Å². The molecule has 0 amide bonds. The molecule has 0 bridgehead atoms. The minimum atomic E-state index is -2.64. The van der Waals surface area contributed by atoms with Gasteiger partial charge in [0.25, 0.3) is 5.92 Å². The van der Waals surface area contributed by atoms with E-state index in [1.807, 2.05) is 0 Å². The number of rotatable bonds is 1. The van der Waals surface area contributed by atoms with E-state index in [1.165, 1.54) is 24.3 Å². The Morgan fingerprint density at radius 3 is 2.36 bits per heavy atom. The molecular formula is C10H10F3N. The van der Waals surface area contributed by atoms with E-state index in [0.29, 0.717) is 5.56 Å². The maximum atomic E-state index is 12.8. The summed E-state index contributed by atoms with van der Waals surface area (Å²) < 4.78 is 38.2. The van der Waals surface area contributed by atoms with Crippen LogP contribution in [0.1, 0.15) is 18.0 Å². The average molecular weight is 201 g/mol. The van der Waals surface area contributed by atoms with E-state index in [4.69, 9.17) is 0 Å². The summed E-state index contributed by atoms with van der Waals surface area (Å²) in [7, 11) is 0. The second-order valence-corrected chi connectivity index (χ2v) is 3.55. The first-order valence-corrected chi connectivity index (χ1v) is 4.43. The molecule has 14 heavy (non-hydrogen) atoms. The highest BCUT2D eigenvalue weighted by Crippen LogP contribution is 2.33. The molecule has 0 radical (unpaired) electrons. The van der Waals surface area contributed by atoms with Gasteiger partial charge in [0.1, 0.15) is 5.82 Å². The van der Waals surface area contributed by atoms with Crippen LogP contribution in [0.25, 0.3) is 0 Å². The molecule has 1 aromatic carbocycles. The Hall–Kier alpha value is -1.03. The van der Waals surface area contributed by atoms with Gasteiger partial charge in [-0.25, -0.2) is 13.2 Å². The summed E-state index contributed by atoms with van der Waals surface area (Å²) in [6.07, 6.45) is -0.210. The average Bonchev–Trinajstić information content (AvgIpc) is 2.47. The van der Waals surface area contributed by atoms with Crippen molar-refractivity contribution in [2.75, 3.05) is 6.54 Å². The lowest BCUT2D eigenvalue weighted by molar-refractivity contribution is 0.0210. The Kier molecular flexibility index (Phi) is 2.23. The van der Waals surface area contributed by atoms with Crippen LogP contribution < -0.4 is 5.32 Å². The highest BCUT2D eigenvalue weighted by molar-refractivity contribution is 5.21. The van der Waals surface area contributed by atoms with Crippen molar-refractivity contribution < 1.29 is 13.2 Å². The van der Waals surface area contributed by atoms with Gasteiger partial charge in [0.15, 0.2) is 0 Å². The van der Waals surface area contributed by atoms with Gasteiger partial charge in [-0.15, -0.1) is 0 Å². The van der Waals surface area contributed by atoms with Crippen molar-refractivity contribution in [3.63, 3.8) is 0 Å². The van der Waals surface area contributed by atoms with Crippen molar-refractivity contribution in [3.05, 3.63) is 35.6 Å². The van der Waals surface area contributed by atoms with Gasteiger partial charge in [0.05, 0.1) is 6.54 Å². The molecule has 1 fully saturated rings. The van der Waals surface area contributed by atoms with E-state index >= 15 is 0 Å². The van der Waals surface area contributed by atoms with E-state index in [0.717, 1.165) is 0 Å². The molecule has 1 aliphatic rings. The van der Waals surface area contributed by atoms with Crippen molar-refractivity contribution in [2.45, 2.75) is 18.4 Å². The minimum Gasteiger partial charge on any atom is -0.304 e. The predicted molar refractivity (Wildman–Crippen MR) is 46.7 cm³/mol. The molecule has 0 unspecified atom stereocenters. The van der Waals surface area contributed by atoms with Crippen molar-refractivity contribution in [3.8, 4) is 0 Å². The van der Waals surface area contributed by atoms with Crippen LogP contribution in [0.2, 0.25) is 0 Å². The Morgan fingerprint density at radius 1 is 1.21 bits per heavy atom. The summed E-state index contributed by atoms with van der Waals surface area (Å²) in [5.74, 6) is -2.99. The Morgan fingerprint density at radius 2 is 1.86 bits per heavy atom. The van der Waals surface area contributed by atoms with Crippen LogP contribution in [0.5, 0.6) is 0 Å². The minimum absolute atomic E-state index is 0.210. The van der Waals surface area contributed by atoms with Crippen molar-refractivity contribution in [2.24, 2.45) is 0 Å². The topological polar surface area (TPSA) is 12.0 Å². The van der Waals surface area contributed by atoms with E-state index in [9.17, 15) is 13.2 Å². The van der Waals surface area contributed by atoms with Gasteiger partial charge >= 0.3 is 0 Å². The molecule has 1 nitrogen and oxygen atoms in total. The third kappa shape index (κ3) is 1.90. The van der Waals surface area contributed by atoms with Gasteiger partial charge in [-0.3, -0.25) is 0 Å². The summed E-state index contributed by atoms with van der Waals surface area (Å²) in [6, 6.07) is 5.29. The second-order valence-electron chi connectivity index (χ2n) is 3.55. The number of nitrogens with one attached hydrogen (secondary N) is 1. The zero-order valence-corrected chi connectivity index (χ0v) is 7.43. The molecule has 0 saturated carbocycles. The lowest BCUT2D eigenvalue weighted by atomic mass is 10.0. The number of benzene rings is 1. The van der Waals surface area contributed by atoms with Crippen molar-refractivity contribution in [1.82, 2.24) is 5.32 Å². The largest absolute Gasteiger partial charge is 0.304 e. The van der Waals surface area contributed by atoms with Crippen LogP contribution in [-0.2, 0) is 0 Å². The molecule has 0 spiro atoms. The van der Waals surface area contributed by atoms with Crippen molar-refractivity contribution >= 4 is 0 Å². The smallest absolute Gasteiger partial charge is 0.262 e. The van der Waals surface area contributed by atoms with Gasteiger partial charge in [-0.2, -0.15) is 0 Å². The molecule has 76 valence electrons. The molecular weight excluding hydrogens is 191 g/mol. The summed E-state index contributed by atoms with van der Waals surface area (Å²) in [5.41, 5.74) is 0.712. The maximum absolute atomic E-state index is 12.8. The number of halogens is 3. The van der Waals surface area contributed by atoms with Gasteiger partial charge in [-0.05, 0) is 17.7 Å². The summed E-state index contributed by atoms with van der Waals surface area (Å²) in [6.45, 7) is -0.297. The molecule has 1 aromatic rings. The van der Waals surface area contributed by atoms with Crippen LogP contribution in [0, 0.1) is 5.82 Å². The highest BCUT2D eigenvalue weighted by atomic mass is 19.3. The third-order valence-electron chi connectivity index (χ3n) is 2.38. The number of hydrogen-bond donors (Lipinski definition) is 1. The number of hydrogen-bond acceptors (Lipinski definition) is 1. The van der Waals surface area contributed by atoms with E-state index in [-0.39, 0.29) is 24.8 Å². The SMILES string of the molecule is Fc1ccc([C@@H]2CC(F)(F)CN2)cc1. The predicted octanol–water partition coefficient (Wildman–Crippen LogP) is 2.50. The molecule has 0 aromatic heterocycles. The van der Waals surface area contributed by atoms with E-state index < -0.39 is 5.92 Å². The Balaban J connectivity index is 2.14. The van der Waals surface area contributed by atoms with Crippen LogP contribution >= 0.6 is 0 Å². The monoisotopic (exact) mass is 201 g/mol. The second kappa shape index (κ2) is 3.28. The molecule has 1 aliphatic heterocycles. The fourth-order valence-electron chi connectivity index (χ4n) is 1.65. The zero-order valence-electron chi connectivity index (χ0n) is 7.43. The zero-order chi connectivity index (χ0) is 10.2. The normalized spacial score (nSPS) is 25.2. The Labute approximate surface area is 79.9 Å². The van der Waals surface area contributed by atoms with E-state index in [1.54, 1.807) is 0 Å². The summed E-state index contributed by atoms with van der Waals surface area (Å²) >= 11 is 0. The fraction of sp³-hybridized carbons (Fsp3) is 0.400. The lowest BCUT2D eigenvalue weighted by Crippen LogP contribution is -2.19. The van der Waals surface area contributed by atoms with Crippen LogP contribution in [0.4, 0.5) is 13.2 Å². The van der Waals surface area contributed by atoms with E-state index in [2.05, 4.69) is 5.32 Å². The summed E-state index contributed by atoms with van der Waals surface area (Å²) in [4.78, 5) is 0. The molecule has 1 atom stereocenters. The molecule has 2 rings (SSSR count). The van der Waals surface area contributed by atoms with Gasteiger partial charge in [0, 0.05) is 12.5 Å². The molecule has 0 aliphatic carbocycles. The lowest BCUT2D eigenvalue weighted by Gasteiger charge is -2.10. The van der Waals surface area contributed by atoms with Crippen LogP contribution in [0.3, 0.4) is 0 Å². The van der Waals surface area contributed by atoms with Gasteiger partial charge in [0.2, 0.25) is 0 Å². The number of alkyl halides is 2. The summed E-state index contributed by atoms with van der Waals surface area (Å²) in [5, 5.41) is 2.71. The fourth-order valence-corrected chi connectivity index (χ4v) is 1.65. The molecule has 4 heteroatoms. The van der Waals surface area contributed by atoms with Crippen LogP contribution in [-0.4, -0.2) is 12.5 Å². The molecule has 1 N–H and O–H groups in total.